The van der Waals surface area contributed by atoms with Crippen molar-refractivity contribution in [1.29, 1.82) is 0 Å². The Bertz CT molecular complexity index is 1000. The molecule has 0 fully saturated rings. The van der Waals surface area contributed by atoms with E-state index >= 15 is 0 Å². The molecular weight excluding hydrogens is 372 g/mol. The number of para-hydroxylation sites is 2. The number of fused-ring (bicyclic) bond motifs is 2. The molecule has 1 heterocycles. The Morgan fingerprint density at radius 3 is 2.34 bits per heavy atom. The first-order valence-corrected chi connectivity index (χ1v) is 9.34. The van der Waals surface area contributed by atoms with Crippen LogP contribution in [0.3, 0.4) is 0 Å². The van der Waals surface area contributed by atoms with Crippen molar-refractivity contribution in [3.63, 3.8) is 0 Å². The topological polar surface area (TPSA) is 74.2 Å². The number of esters is 1. The van der Waals surface area contributed by atoms with Gasteiger partial charge in [-0.2, -0.15) is 0 Å². The molecule has 0 aromatic heterocycles. The fraction of sp³-hybridized carbons (Fsp3) is 0.261. The first kappa shape index (κ1) is 19.1. The Morgan fingerprint density at radius 1 is 1.00 bits per heavy atom. The molecule has 1 aliphatic heterocycles. The zero-order valence-corrected chi connectivity index (χ0v) is 16.1. The summed E-state index contributed by atoms with van der Waals surface area (Å²) in [7, 11) is 1.38. The van der Waals surface area contributed by atoms with E-state index in [1.807, 2.05) is 48.5 Å². The van der Waals surface area contributed by atoms with Gasteiger partial charge in [0, 0.05) is 0 Å². The number of carbonyl (C=O) groups excluding carboxylic acids is 1. The highest BCUT2D eigenvalue weighted by molar-refractivity contribution is 5.85. The minimum Gasteiger partial charge on any atom is -0.490 e. The highest BCUT2D eigenvalue weighted by Gasteiger charge is 2.33. The van der Waals surface area contributed by atoms with Crippen LogP contribution in [0.2, 0.25) is 0 Å². The fourth-order valence-electron chi connectivity index (χ4n) is 3.17. The lowest BCUT2D eigenvalue weighted by molar-refractivity contribution is -0.139. The highest BCUT2D eigenvalue weighted by atomic mass is 16.6. The van der Waals surface area contributed by atoms with Gasteiger partial charge in [0.05, 0.1) is 13.5 Å². The van der Waals surface area contributed by atoms with Crippen LogP contribution in [-0.2, 0) is 16.0 Å². The molecule has 150 valence electrons. The molecular formula is C23H22O6. The van der Waals surface area contributed by atoms with E-state index < -0.39 is 5.60 Å². The molecule has 1 aliphatic rings. The predicted octanol–water partition coefficient (Wildman–Crippen LogP) is 3.14. The average molecular weight is 394 g/mol. The minimum absolute atomic E-state index is 0.0346. The van der Waals surface area contributed by atoms with Crippen molar-refractivity contribution in [3.8, 4) is 17.2 Å². The van der Waals surface area contributed by atoms with E-state index in [-0.39, 0.29) is 32.2 Å². The lowest BCUT2D eigenvalue weighted by Crippen LogP contribution is -2.46. The van der Waals surface area contributed by atoms with Crippen LogP contribution in [0.15, 0.2) is 60.7 Å². The summed E-state index contributed by atoms with van der Waals surface area (Å²) in [5.74, 6) is 1.58. The van der Waals surface area contributed by atoms with Gasteiger partial charge in [0.2, 0.25) is 0 Å². The largest absolute Gasteiger partial charge is 0.490 e. The Morgan fingerprint density at radius 2 is 1.66 bits per heavy atom. The molecule has 1 N–H and O–H groups in total. The SMILES string of the molecule is COC(=O)Cc1ccc2cc(OCC3(O)COc4ccccc4OC3)ccc2c1. The summed E-state index contributed by atoms with van der Waals surface area (Å²) < 4.78 is 21.9. The van der Waals surface area contributed by atoms with Crippen molar-refractivity contribution in [2.75, 3.05) is 26.9 Å². The molecule has 0 saturated carbocycles. The van der Waals surface area contributed by atoms with Gasteiger partial charge in [0.15, 0.2) is 17.1 Å². The molecule has 0 radical (unpaired) electrons. The molecule has 4 rings (SSSR count). The molecule has 3 aromatic rings. The van der Waals surface area contributed by atoms with E-state index in [1.54, 1.807) is 12.1 Å². The van der Waals surface area contributed by atoms with Crippen LogP contribution in [0.25, 0.3) is 10.8 Å². The molecule has 6 heteroatoms. The smallest absolute Gasteiger partial charge is 0.309 e. The van der Waals surface area contributed by atoms with Gasteiger partial charge in [-0.1, -0.05) is 36.4 Å². The van der Waals surface area contributed by atoms with Gasteiger partial charge in [-0.3, -0.25) is 4.79 Å². The number of hydrogen-bond donors (Lipinski definition) is 1. The standard InChI is InChI=1S/C23H22O6/c1-26-22(24)11-16-6-7-18-12-19(9-8-17(18)10-16)27-13-23(25)14-28-20-4-2-3-5-21(20)29-15-23/h2-10,12,25H,11,13-15H2,1H3. The van der Waals surface area contributed by atoms with E-state index in [4.69, 9.17) is 18.9 Å². The lowest BCUT2D eigenvalue weighted by atomic mass is 10.0. The first-order chi connectivity index (χ1) is 14.0. The maximum absolute atomic E-state index is 11.4. The van der Waals surface area contributed by atoms with Crippen LogP contribution in [-0.4, -0.2) is 43.6 Å². The Labute approximate surface area is 168 Å². The monoisotopic (exact) mass is 394 g/mol. The first-order valence-electron chi connectivity index (χ1n) is 9.34. The van der Waals surface area contributed by atoms with Crippen molar-refractivity contribution < 1.29 is 28.8 Å². The number of ether oxygens (including phenoxy) is 4. The fourth-order valence-corrected chi connectivity index (χ4v) is 3.17. The summed E-state index contributed by atoms with van der Waals surface area (Å²) in [6, 6.07) is 18.8. The van der Waals surface area contributed by atoms with Gasteiger partial charge in [0.25, 0.3) is 0 Å². The number of benzene rings is 3. The van der Waals surface area contributed by atoms with Crippen LogP contribution in [0.4, 0.5) is 0 Å². The summed E-state index contributed by atoms with van der Waals surface area (Å²) in [5, 5.41) is 12.8. The minimum atomic E-state index is -1.27. The van der Waals surface area contributed by atoms with Gasteiger partial charge in [-0.05, 0) is 40.6 Å². The Kier molecular flexibility index (Phi) is 5.27. The summed E-state index contributed by atoms with van der Waals surface area (Å²) in [5.41, 5.74) is -0.377. The van der Waals surface area contributed by atoms with Gasteiger partial charge in [-0.15, -0.1) is 0 Å². The molecule has 3 aromatic carbocycles. The van der Waals surface area contributed by atoms with Crippen molar-refractivity contribution in [2.45, 2.75) is 12.0 Å². The Balaban J connectivity index is 1.43. The maximum atomic E-state index is 11.4. The second-order valence-electron chi connectivity index (χ2n) is 7.13. The zero-order valence-electron chi connectivity index (χ0n) is 16.1. The normalized spacial score (nSPS) is 14.8. The summed E-state index contributed by atoms with van der Waals surface area (Å²) in [4.78, 5) is 11.4. The average Bonchev–Trinajstić information content (AvgIpc) is 2.92. The van der Waals surface area contributed by atoms with E-state index in [1.165, 1.54) is 7.11 Å². The maximum Gasteiger partial charge on any atom is 0.309 e. The van der Waals surface area contributed by atoms with Gasteiger partial charge in [0.1, 0.15) is 25.6 Å². The van der Waals surface area contributed by atoms with Gasteiger partial charge in [-0.25, -0.2) is 0 Å². The van der Waals surface area contributed by atoms with Crippen LogP contribution in [0.5, 0.6) is 17.2 Å². The molecule has 29 heavy (non-hydrogen) atoms. The number of aliphatic hydroxyl groups is 1. The molecule has 0 amide bonds. The molecule has 0 aliphatic carbocycles. The number of carbonyl (C=O) groups is 1. The van der Waals surface area contributed by atoms with Crippen LogP contribution in [0, 0.1) is 0 Å². The molecule has 0 saturated heterocycles. The number of rotatable bonds is 5. The second-order valence-corrected chi connectivity index (χ2v) is 7.13. The summed E-state index contributed by atoms with van der Waals surface area (Å²) in [6.45, 7) is 0.190. The van der Waals surface area contributed by atoms with E-state index in [9.17, 15) is 9.90 Å². The Hall–Kier alpha value is -3.25. The highest BCUT2D eigenvalue weighted by Crippen LogP contribution is 2.31. The second kappa shape index (κ2) is 8.01. The summed E-state index contributed by atoms with van der Waals surface area (Å²) in [6.07, 6.45) is 0.236. The van der Waals surface area contributed by atoms with Gasteiger partial charge < -0.3 is 24.1 Å². The van der Waals surface area contributed by atoms with Crippen molar-refractivity contribution in [1.82, 2.24) is 0 Å². The van der Waals surface area contributed by atoms with E-state index in [0.717, 1.165) is 16.3 Å². The van der Waals surface area contributed by atoms with Crippen LogP contribution in [0.1, 0.15) is 5.56 Å². The third-order valence-corrected chi connectivity index (χ3v) is 4.80. The molecule has 6 nitrogen and oxygen atoms in total. The third kappa shape index (κ3) is 4.43. The van der Waals surface area contributed by atoms with E-state index in [2.05, 4.69) is 0 Å². The van der Waals surface area contributed by atoms with Gasteiger partial charge >= 0.3 is 5.97 Å². The number of methoxy groups -OCH3 is 1. The zero-order chi connectivity index (χ0) is 20.3. The summed E-state index contributed by atoms with van der Waals surface area (Å²) >= 11 is 0. The molecule has 0 bridgehead atoms. The quantitative estimate of drug-likeness (QED) is 0.670. The van der Waals surface area contributed by atoms with Crippen molar-refractivity contribution in [3.05, 3.63) is 66.2 Å². The van der Waals surface area contributed by atoms with Crippen molar-refractivity contribution >= 4 is 16.7 Å². The molecule has 0 unspecified atom stereocenters. The predicted molar refractivity (Wildman–Crippen MR) is 108 cm³/mol. The molecule has 0 spiro atoms. The number of hydrogen-bond acceptors (Lipinski definition) is 6. The van der Waals surface area contributed by atoms with Crippen LogP contribution >= 0.6 is 0 Å². The van der Waals surface area contributed by atoms with E-state index in [0.29, 0.717) is 17.2 Å². The molecule has 0 atom stereocenters. The third-order valence-electron chi connectivity index (χ3n) is 4.80. The van der Waals surface area contributed by atoms with Crippen LogP contribution < -0.4 is 14.2 Å². The van der Waals surface area contributed by atoms with Crippen molar-refractivity contribution in [2.24, 2.45) is 0 Å². The lowest BCUT2D eigenvalue weighted by Gasteiger charge is -2.25.